The number of likely N-dealkylation sites (N-methyl/N-ethyl adjacent to an activating group) is 1. The lowest BCUT2D eigenvalue weighted by Gasteiger charge is -2.15. The smallest absolute Gasteiger partial charge is 0.0720 e. The van der Waals surface area contributed by atoms with Crippen LogP contribution in [0, 0.1) is 0 Å². The molecule has 1 aromatic rings. The summed E-state index contributed by atoms with van der Waals surface area (Å²) in [4.78, 5) is 0. The van der Waals surface area contributed by atoms with Crippen LogP contribution in [0.3, 0.4) is 0 Å². The molecule has 106 valence electrons. The first-order chi connectivity index (χ1) is 9.38. The van der Waals surface area contributed by atoms with Gasteiger partial charge in [-0.2, -0.15) is 0 Å². The predicted molar refractivity (Wildman–Crippen MR) is 80.4 cm³/mol. The molecule has 19 heavy (non-hydrogen) atoms. The molecule has 2 nitrogen and oxygen atoms in total. The number of hydrogen-bond acceptors (Lipinski definition) is 2. The summed E-state index contributed by atoms with van der Waals surface area (Å²) in [5, 5.41) is 3.18. The molecule has 0 amide bonds. The van der Waals surface area contributed by atoms with Crippen molar-refractivity contribution in [2.75, 3.05) is 13.6 Å². The monoisotopic (exact) mass is 261 g/mol. The van der Waals surface area contributed by atoms with Gasteiger partial charge in [-0.3, -0.25) is 0 Å². The zero-order valence-corrected chi connectivity index (χ0v) is 12.2. The fourth-order valence-corrected chi connectivity index (χ4v) is 2.69. The summed E-state index contributed by atoms with van der Waals surface area (Å²) in [6.45, 7) is 1.81. The van der Waals surface area contributed by atoms with Gasteiger partial charge in [0.1, 0.15) is 0 Å². The van der Waals surface area contributed by atoms with Gasteiger partial charge in [-0.1, -0.05) is 49.9 Å². The van der Waals surface area contributed by atoms with Crippen molar-refractivity contribution in [2.24, 2.45) is 0 Å². The molecular formula is C17H27NO. The van der Waals surface area contributed by atoms with Crippen molar-refractivity contribution in [3.63, 3.8) is 0 Å². The molecule has 0 saturated heterocycles. The Labute approximate surface area is 117 Å². The van der Waals surface area contributed by atoms with Crippen LogP contribution in [-0.4, -0.2) is 19.7 Å². The van der Waals surface area contributed by atoms with Crippen molar-refractivity contribution >= 4 is 0 Å². The number of ether oxygens (including phenoxy) is 1. The number of benzene rings is 1. The van der Waals surface area contributed by atoms with E-state index in [1.165, 1.54) is 49.7 Å². The molecule has 0 spiro atoms. The van der Waals surface area contributed by atoms with Crippen LogP contribution in [0.1, 0.15) is 49.7 Å². The van der Waals surface area contributed by atoms with Crippen LogP contribution in [0.5, 0.6) is 0 Å². The molecule has 2 rings (SSSR count). The summed E-state index contributed by atoms with van der Waals surface area (Å²) < 4.78 is 6.06. The van der Waals surface area contributed by atoms with Crippen LogP contribution < -0.4 is 5.32 Å². The van der Waals surface area contributed by atoms with Crippen molar-refractivity contribution in [3.8, 4) is 0 Å². The van der Waals surface area contributed by atoms with Gasteiger partial charge < -0.3 is 10.1 Å². The van der Waals surface area contributed by atoms with Crippen molar-refractivity contribution in [1.82, 2.24) is 5.32 Å². The first kappa shape index (κ1) is 14.5. The molecule has 0 atom stereocenters. The average molecular weight is 261 g/mol. The summed E-state index contributed by atoms with van der Waals surface area (Å²) in [5.41, 5.74) is 2.70. The third-order valence-corrected chi connectivity index (χ3v) is 3.97. The molecule has 1 aromatic carbocycles. The van der Waals surface area contributed by atoms with Gasteiger partial charge in [-0.15, -0.1) is 0 Å². The molecule has 0 radical (unpaired) electrons. The van der Waals surface area contributed by atoms with E-state index in [0.29, 0.717) is 6.10 Å². The highest BCUT2D eigenvalue weighted by molar-refractivity contribution is 5.22. The van der Waals surface area contributed by atoms with Gasteiger partial charge in [0.05, 0.1) is 12.7 Å². The molecular weight excluding hydrogens is 234 g/mol. The maximum atomic E-state index is 6.06. The van der Waals surface area contributed by atoms with Gasteiger partial charge in [0.15, 0.2) is 0 Å². The van der Waals surface area contributed by atoms with E-state index in [4.69, 9.17) is 4.74 Å². The standard InChI is InChI=1S/C17H27NO/c1-18-13-12-15-8-10-16(11-9-15)14-19-17-6-4-2-3-5-7-17/h8-11,17-18H,2-7,12-14H2,1H3. The Hall–Kier alpha value is -0.860. The van der Waals surface area contributed by atoms with Gasteiger partial charge in [0.25, 0.3) is 0 Å². The SMILES string of the molecule is CNCCc1ccc(COC2CCCCCC2)cc1. The zero-order valence-electron chi connectivity index (χ0n) is 12.2. The summed E-state index contributed by atoms with van der Waals surface area (Å²) >= 11 is 0. The van der Waals surface area contributed by atoms with Crippen molar-refractivity contribution < 1.29 is 4.74 Å². The molecule has 0 bridgehead atoms. The van der Waals surface area contributed by atoms with E-state index in [9.17, 15) is 0 Å². The summed E-state index contributed by atoms with van der Waals surface area (Å²) in [6, 6.07) is 8.87. The van der Waals surface area contributed by atoms with Gasteiger partial charge in [-0.25, -0.2) is 0 Å². The second-order valence-electron chi connectivity index (χ2n) is 5.59. The second kappa shape index (κ2) is 8.34. The Kier molecular flexibility index (Phi) is 6.38. The summed E-state index contributed by atoms with van der Waals surface area (Å²) in [7, 11) is 1.99. The van der Waals surface area contributed by atoms with E-state index in [-0.39, 0.29) is 0 Å². The first-order valence-corrected chi connectivity index (χ1v) is 7.72. The molecule has 0 aliphatic heterocycles. The number of nitrogens with one attached hydrogen (secondary N) is 1. The lowest BCUT2D eigenvalue weighted by molar-refractivity contribution is 0.0310. The normalized spacial score (nSPS) is 17.3. The molecule has 2 heteroatoms. The molecule has 0 heterocycles. The molecule has 0 unspecified atom stereocenters. The van der Waals surface area contributed by atoms with Gasteiger partial charge >= 0.3 is 0 Å². The van der Waals surface area contributed by atoms with E-state index in [1.807, 2.05) is 7.05 Å². The fourth-order valence-electron chi connectivity index (χ4n) is 2.69. The van der Waals surface area contributed by atoms with Crippen LogP contribution in [0.15, 0.2) is 24.3 Å². The minimum Gasteiger partial charge on any atom is -0.374 e. The minimum absolute atomic E-state index is 0.492. The van der Waals surface area contributed by atoms with Crippen LogP contribution >= 0.6 is 0 Å². The molecule has 0 aromatic heterocycles. The van der Waals surface area contributed by atoms with Crippen LogP contribution in [0.2, 0.25) is 0 Å². The second-order valence-corrected chi connectivity index (χ2v) is 5.59. The summed E-state index contributed by atoms with van der Waals surface area (Å²) in [6.07, 6.45) is 9.55. The van der Waals surface area contributed by atoms with Gasteiger partial charge in [-0.05, 0) is 44.0 Å². The van der Waals surface area contributed by atoms with E-state index in [0.717, 1.165) is 19.6 Å². The highest BCUT2D eigenvalue weighted by atomic mass is 16.5. The zero-order chi connectivity index (χ0) is 13.3. The fraction of sp³-hybridized carbons (Fsp3) is 0.647. The Morgan fingerprint density at radius 1 is 1.00 bits per heavy atom. The molecule has 1 fully saturated rings. The third-order valence-electron chi connectivity index (χ3n) is 3.97. The molecule has 1 saturated carbocycles. The van der Waals surface area contributed by atoms with Crippen LogP contribution in [0.4, 0.5) is 0 Å². The molecule has 1 N–H and O–H groups in total. The van der Waals surface area contributed by atoms with Crippen molar-refractivity contribution in [1.29, 1.82) is 0 Å². The Morgan fingerprint density at radius 3 is 2.26 bits per heavy atom. The maximum Gasteiger partial charge on any atom is 0.0720 e. The van der Waals surface area contributed by atoms with E-state index >= 15 is 0 Å². The largest absolute Gasteiger partial charge is 0.374 e. The number of rotatable bonds is 6. The predicted octanol–water partition coefficient (Wildman–Crippen LogP) is 3.69. The Morgan fingerprint density at radius 2 is 1.63 bits per heavy atom. The van der Waals surface area contributed by atoms with Crippen molar-refractivity contribution in [3.05, 3.63) is 35.4 Å². The minimum atomic E-state index is 0.492. The highest BCUT2D eigenvalue weighted by Crippen LogP contribution is 2.21. The van der Waals surface area contributed by atoms with Crippen LogP contribution in [-0.2, 0) is 17.8 Å². The average Bonchev–Trinajstić information content (AvgIpc) is 2.72. The van der Waals surface area contributed by atoms with Crippen LogP contribution in [0.25, 0.3) is 0 Å². The quantitative estimate of drug-likeness (QED) is 0.789. The van der Waals surface area contributed by atoms with E-state index < -0.39 is 0 Å². The summed E-state index contributed by atoms with van der Waals surface area (Å²) in [5.74, 6) is 0. The lowest BCUT2D eigenvalue weighted by atomic mass is 10.1. The first-order valence-electron chi connectivity index (χ1n) is 7.72. The van der Waals surface area contributed by atoms with Gasteiger partial charge in [0.2, 0.25) is 0 Å². The maximum absolute atomic E-state index is 6.06. The van der Waals surface area contributed by atoms with Crippen molar-refractivity contribution in [2.45, 2.75) is 57.7 Å². The Bertz CT molecular complexity index is 339. The third kappa shape index (κ3) is 5.33. The van der Waals surface area contributed by atoms with Gasteiger partial charge in [0, 0.05) is 0 Å². The van der Waals surface area contributed by atoms with E-state index in [2.05, 4.69) is 29.6 Å². The highest BCUT2D eigenvalue weighted by Gasteiger charge is 2.12. The molecule has 1 aliphatic rings. The number of hydrogen-bond donors (Lipinski definition) is 1. The van der Waals surface area contributed by atoms with E-state index in [1.54, 1.807) is 0 Å². The topological polar surface area (TPSA) is 21.3 Å². The lowest BCUT2D eigenvalue weighted by Crippen LogP contribution is -2.12. The Balaban J connectivity index is 1.75. The molecule has 1 aliphatic carbocycles.